The van der Waals surface area contributed by atoms with Crippen molar-refractivity contribution >= 4 is 0 Å². The van der Waals surface area contributed by atoms with E-state index in [9.17, 15) is 0 Å². The molecule has 0 aromatic rings. The minimum Gasteiger partial charge on any atom is -0.0854 e. The second kappa shape index (κ2) is 5.34. The first-order valence-electron chi connectivity index (χ1n) is 6.53. The molecule has 0 saturated heterocycles. The molecule has 0 N–H and O–H groups in total. The molecule has 0 aliphatic heterocycles. The Hall–Kier alpha value is -1.04. The van der Waals surface area contributed by atoms with Gasteiger partial charge in [-0.1, -0.05) is 55.9 Å². The topological polar surface area (TPSA) is 0 Å². The Morgan fingerprint density at radius 2 is 2.19 bits per heavy atom. The zero-order valence-corrected chi connectivity index (χ0v) is 10.4. The van der Waals surface area contributed by atoms with Crippen LogP contribution in [0.2, 0.25) is 0 Å². The highest BCUT2D eigenvalue weighted by atomic mass is 14.2. The van der Waals surface area contributed by atoms with Crippen molar-refractivity contribution in [2.24, 2.45) is 11.8 Å². The molecule has 16 heavy (non-hydrogen) atoms. The summed E-state index contributed by atoms with van der Waals surface area (Å²) >= 11 is 0. The third kappa shape index (κ3) is 2.75. The molecule has 0 aromatic heterocycles. The average Bonchev–Trinajstić information content (AvgIpc) is 2.38. The molecule has 0 fully saturated rings. The van der Waals surface area contributed by atoms with E-state index < -0.39 is 0 Å². The molecule has 2 unspecified atom stereocenters. The lowest BCUT2D eigenvalue weighted by Gasteiger charge is -2.23. The van der Waals surface area contributed by atoms with Gasteiger partial charge in [0.05, 0.1) is 0 Å². The number of hydrogen-bond donors (Lipinski definition) is 0. The van der Waals surface area contributed by atoms with Crippen LogP contribution in [0.3, 0.4) is 0 Å². The van der Waals surface area contributed by atoms with Crippen LogP contribution < -0.4 is 0 Å². The monoisotopic (exact) mass is 214 g/mol. The Balaban J connectivity index is 2.20. The largest absolute Gasteiger partial charge is 0.0854 e. The molecular weight excluding hydrogens is 192 g/mol. The molecule has 0 aromatic carbocycles. The second-order valence-electron chi connectivity index (χ2n) is 4.99. The smallest absolute Gasteiger partial charge is 0.0122 e. The van der Waals surface area contributed by atoms with E-state index in [0.29, 0.717) is 5.92 Å². The van der Waals surface area contributed by atoms with Gasteiger partial charge in [0, 0.05) is 0 Å². The Morgan fingerprint density at radius 1 is 1.31 bits per heavy atom. The number of fused-ring (bicyclic) bond motifs is 1. The van der Waals surface area contributed by atoms with Crippen molar-refractivity contribution in [2.75, 3.05) is 0 Å². The van der Waals surface area contributed by atoms with Gasteiger partial charge in [-0.25, -0.2) is 0 Å². The highest BCUT2D eigenvalue weighted by Gasteiger charge is 2.17. The van der Waals surface area contributed by atoms with Crippen LogP contribution in [0.4, 0.5) is 0 Å². The lowest BCUT2D eigenvalue weighted by atomic mass is 9.82. The van der Waals surface area contributed by atoms with Gasteiger partial charge in [-0.2, -0.15) is 0 Å². The minimum atomic E-state index is 0.713. The zero-order chi connectivity index (χ0) is 11.4. The summed E-state index contributed by atoms with van der Waals surface area (Å²) in [6.07, 6.45) is 18.9. The maximum atomic E-state index is 2.43. The fourth-order valence-corrected chi connectivity index (χ4v) is 2.60. The van der Waals surface area contributed by atoms with Gasteiger partial charge >= 0.3 is 0 Å². The molecule has 2 atom stereocenters. The first kappa shape index (κ1) is 11.4. The van der Waals surface area contributed by atoms with Gasteiger partial charge in [0.25, 0.3) is 0 Å². The summed E-state index contributed by atoms with van der Waals surface area (Å²) in [7, 11) is 0. The summed E-state index contributed by atoms with van der Waals surface area (Å²) in [6.45, 7) is 4.57. The number of allylic oxidation sites excluding steroid dienone is 8. The molecule has 0 bridgehead atoms. The maximum Gasteiger partial charge on any atom is -0.0122 e. The van der Waals surface area contributed by atoms with Crippen molar-refractivity contribution < 1.29 is 0 Å². The molecule has 0 nitrogen and oxygen atoms in total. The van der Waals surface area contributed by atoms with Gasteiger partial charge in [0.2, 0.25) is 0 Å². The van der Waals surface area contributed by atoms with Gasteiger partial charge in [-0.15, -0.1) is 0 Å². The molecule has 86 valence electrons. The summed E-state index contributed by atoms with van der Waals surface area (Å²) in [5.74, 6) is 1.45. The highest BCUT2D eigenvalue weighted by Crippen LogP contribution is 2.32. The molecule has 2 rings (SSSR count). The second-order valence-corrected chi connectivity index (χ2v) is 4.99. The van der Waals surface area contributed by atoms with Crippen LogP contribution in [0.25, 0.3) is 0 Å². The lowest BCUT2D eigenvalue weighted by molar-refractivity contribution is 0.494. The lowest BCUT2D eigenvalue weighted by Crippen LogP contribution is -2.09. The maximum absolute atomic E-state index is 2.43. The van der Waals surface area contributed by atoms with Crippen molar-refractivity contribution in [1.29, 1.82) is 0 Å². The molecule has 0 heterocycles. The molecule has 0 amide bonds. The predicted octanol–water partition coefficient (Wildman–Crippen LogP) is 4.81. The molecule has 2 aliphatic carbocycles. The fraction of sp³-hybridized carbons (Fsp3) is 0.500. The van der Waals surface area contributed by atoms with E-state index in [1.807, 2.05) is 0 Å². The van der Waals surface area contributed by atoms with Crippen molar-refractivity contribution in [1.82, 2.24) is 0 Å². The summed E-state index contributed by atoms with van der Waals surface area (Å²) in [5.41, 5.74) is 3.06. The van der Waals surface area contributed by atoms with E-state index in [4.69, 9.17) is 0 Å². The Morgan fingerprint density at radius 3 is 3.00 bits per heavy atom. The van der Waals surface area contributed by atoms with Crippen LogP contribution in [0, 0.1) is 11.8 Å². The van der Waals surface area contributed by atoms with Crippen molar-refractivity contribution in [3.05, 3.63) is 47.6 Å². The molecule has 0 heteroatoms. The van der Waals surface area contributed by atoms with E-state index in [-0.39, 0.29) is 0 Å². The molecule has 0 radical (unpaired) electrons. The van der Waals surface area contributed by atoms with Gasteiger partial charge < -0.3 is 0 Å². The van der Waals surface area contributed by atoms with Gasteiger partial charge in [0.15, 0.2) is 0 Å². The van der Waals surface area contributed by atoms with Crippen LogP contribution in [-0.4, -0.2) is 0 Å². The average molecular weight is 214 g/mol. The van der Waals surface area contributed by atoms with Crippen LogP contribution in [-0.2, 0) is 0 Å². The minimum absolute atomic E-state index is 0.713. The fourth-order valence-electron chi connectivity index (χ4n) is 2.60. The summed E-state index contributed by atoms with van der Waals surface area (Å²) in [5, 5.41) is 0. The van der Waals surface area contributed by atoms with Crippen molar-refractivity contribution in [2.45, 2.75) is 39.5 Å². The normalized spacial score (nSPS) is 29.6. The molecule has 0 spiro atoms. The van der Waals surface area contributed by atoms with E-state index >= 15 is 0 Å². The van der Waals surface area contributed by atoms with E-state index in [0.717, 1.165) is 18.8 Å². The highest BCUT2D eigenvalue weighted by molar-refractivity contribution is 5.36. The first-order valence-corrected chi connectivity index (χ1v) is 6.53. The summed E-state index contributed by atoms with van der Waals surface area (Å²) < 4.78 is 0. The number of rotatable bonds is 1. The van der Waals surface area contributed by atoms with Crippen LogP contribution in [0.15, 0.2) is 47.6 Å². The van der Waals surface area contributed by atoms with Crippen LogP contribution >= 0.6 is 0 Å². The van der Waals surface area contributed by atoms with Crippen LogP contribution in [0.1, 0.15) is 39.5 Å². The SMILES string of the molecule is CCC1=CCC2CC(C)C=CCC=CC2=C1. The van der Waals surface area contributed by atoms with Crippen molar-refractivity contribution in [3.8, 4) is 0 Å². The van der Waals surface area contributed by atoms with Gasteiger partial charge in [-0.05, 0) is 43.1 Å². The molecule has 0 saturated carbocycles. The first-order chi connectivity index (χ1) is 7.79. The standard InChI is InChI=1S/C16H22/c1-3-14-9-10-16-11-13(2)7-5-4-6-8-15(16)12-14/h5-9,12-13,16H,3-4,10-11H2,1-2H3. The Kier molecular flexibility index (Phi) is 3.82. The quantitative estimate of drug-likeness (QED) is 0.549. The molecular formula is C16H22. The third-order valence-corrected chi connectivity index (χ3v) is 3.60. The van der Waals surface area contributed by atoms with Gasteiger partial charge in [-0.3, -0.25) is 0 Å². The Labute approximate surface area is 99.4 Å². The zero-order valence-electron chi connectivity index (χ0n) is 10.4. The summed E-state index contributed by atoms with van der Waals surface area (Å²) in [4.78, 5) is 0. The Bertz CT molecular complexity index is 352. The van der Waals surface area contributed by atoms with Crippen molar-refractivity contribution in [3.63, 3.8) is 0 Å². The summed E-state index contributed by atoms with van der Waals surface area (Å²) in [6, 6.07) is 0. The molecule has 2 aliphatic rings. The van der Waals surface area contributed by atoms with E-state index in [1.54, 1.807) is 5.57 Å². The van der Waals surface area contributed by atoms with E-state index in [1.165, 1.54) is 18.4 Å². The third-order valence-electron chi connectivity index (χ3n) is 3.60. The number of hydrogen-bond acceptors (Lipinski definition) is 0. The van der Waals surface area contributed by atoms with E-state index in [2.05, 4.69) is 50.3 Å². The van der Waals surface area contributed by atoms with Gasteiger partial charge in [0.1, 0.15) is 0 Å². The van der Waals surface area contributed by atoms with Crippen LogP contribution in [0.5, 0.6) is 0 Å². The predicted molar refractivity (Wildman–Crippen MR) is 71.2 cm³/mol.